The minimum absolute atomic E-state index is 0.0283. The number of rotatable bonds is 11. The van der Waals surface area contributed by atoms with Crippen LogP contribution in [0, 0.1) is 0 Å². The van der Waals surface area contributed by atoms with Gasteiger partial charge in [-0.1, -0.05) is 60.7 Å². The standard InChI is InChI=1S/C27H32N4O7/c1-19(25(35)28-22(17-32)14-24(33)34)31-13-12-30(15-20-8-4-2-5-9-20)16-23(26(31)36)29-27(37)38-18-21-10-6-3-7-11-21/h2-11,17,19,22-23H,12-16,18H2,1H3,(H,28,35)(H,29,37)(H,33,34)/t19-,22?,23?/m0/s1. The van der Waals surface area contributed by atoms with Crippen LogP contribution >= 0.6 is 0 Å². The SMILES string of the molecule is C[C@@H](C(=O)NC(C=O)CC(=O)O)N1CCN(Cc2ccccc2)CC(NC(=O)OCc2ccccc2)C1=O. The zero-order valence-electron chi connectivity index (χ0n) is 21.1. The Morgan fingerprint density at radius 3 is 2.29 bits per heavy atom. The highest BCUT2D eigenvalue weighted by Gasteiger charge is 2.36. The summed E-state index contributed by atoms with van der Waals surface area (Å²) in [7, 11) is 0. The maximum Gasteiger partial charge on any atom is 0.408 e. The summed E-state index contributed by atoms with van der Waals surface area (Å²) in [6.07, 6.45) is -0.996. The van der Waals surface area contributed by atoms with Gasteiger partial charge in [-0.15, -0.1) is 0 Å². The molecule has 0 bridgehead atoms. The topological polar surface area (TPSA) is 145 Å². The van der Waals surface area contributed by atoms with Gasteiger partial charge in [-0.2, -0.15) is 0 Å². The van der Waals surface area contributed by atoms with Crippen LogP contribution in [0.5, 0.6) is 0 Å². The molecule has 2 aromatic carbocycles. The van der Waals surface area contributed by atoms with Crippen LogP contribution in [0.3, 0.4) is 0 Å². The molecular weight excluding hydrogens is 492 g/mol. The number of nitrogens with zero attached hydrogens (tertiary/aromatic N) is 2. The second kappa shape index (κ2) is 13.9. The molecule has 0 spiro atoms. The maximum absolute atomic E-state index is 13.5. The number of amides is 3. The number of hydrogen-bond acceptors (Lipinski definition) is 7. The first-order valence-electron chi connectivity index (χ1n) is 12.3. The molecule has 1 saturated heterocycles. The summed E-state index contributed by atoms with van der Waals surface area (Å²) in [5, 5.41) is 14.0. The van der Waals surface area contributed by atoms with Gasteiger partial charge < -0.3 is 30.2 Å². The molecule has 1 heterocycles. The van der Waals surface area contributed by atoms with Gasteiger partial charge in [-0.3, -0.25) is 19.3 Å². The molecule has 11 nitrogen and oxygen atoms in total. The summed E-state index contributed by atoms with van der Waals surface area (Å²) in [5.41, 5.74) is 1.81. The van der Waals surface area contributed by atoms with E-state index < -0.39 is 48.4 Å². The Morgan fingerprint density at radius 1 is 1.05 bits per heavy atom. The summed E-state index contributed by atoms with van der Waals surface area (Å²) in [6, 6.07) is 15.5. The fourth-order valence-electron chi connectivity index (χ4n) is 4.14. The Bertz CT molecular complexity index is 1110. The first-order chi connectivity index (χ1) is 18.3. The average Bonchev–Trinajstić information content (AvgIpc) is 3.05. The number of carboxylic acids is 1. The number of alkyl carbamates (subject to hydrolysis) is 1. The van der Waals surface area contributed by atoms with Crippen molar-refractivity contribution in [2.75, 3.05) is 19.6 Å². The molecule has 0 radical (unpaired) electrons. The Kier molecular flexibility index (Phi) is 10.4. The van der Waals surface area contributed by atoms with Crippen LogP contribution in [0.15, 0.2) is 60.7 Å². The van der Waals surface area contributed by atoms with Gasteiger partial charge in [-0.25, -0.2) is 4.79 Å². The summed E-state index contributed by atoms with van der Waals surface area (Å²) in [4.78, 5) is 64.5. The van der Waals surface area contributed by atoms with Crippen molar-refractivity contribution in [3.05, 3.63) is 71.8 Å². The first kappa shape index (κ1) is 28.3. The fourth-order valence-corrected chi connectivity index (χ4v) is 4.14. The molecule has 3 N–H and O–H groups in total. The smallest absolute Gasteiger partial charge is 0.408 e. The molecular formula is C27H32N4O7. The van der Waals surface area contributed by atoms with Gasteiger partial charge in [0.05, 0.1) is 12.5 Å². The second-order valence-corrected chi connectivity index (χ2v) is 9.04. The van der Waals surface area contributed by atoms with Gasteiger partial charge in [0.2, 0.25) is 11.8 Å². The monoisotopic (exact) mass is 524 g/mol. The highest BCUT2D eigenvalue weighted by Crippen LogP contribution is 2.14. The lowest BCUT2D eigenvalue weighted by atomic mass is 10.1. The normalized spacial score (nSPS) is 17.6. The Hall–Kier alpha value is -4.25. The van der Waals surface area contributed by atoms with Crippen LogP contribution in [0.2, 0.25) is 0 Å². The van der Waals surface area contributed by atoms with Crippen molar-refractivity contribution in [2.45, 2.75) is 44.6 Å². The van der Waals surface area contributed by atoms with Gasteiger partial charge >= 0.3 is 12.1 Å². The van der Waals surface area contributed by atoms with Crippen LogP contribution in [-0.2, 0) is 37.1 Å². The highest BCUT2D eigenvalue weighted by molar-refractivity contribution is 5.92. The molecule has 0 saturated carbocycles. The quantitative estimate of drug-likeness (QED) is 0.372. The molecule has 2 unspecified atom stereocenters. The molecule has 3 atom stereocenters. The number of carboxylic acid groups (broad SMARTS) is 1. The van der Waals surface area contributed by atoms with Crippen molar-refractivity contribution in [1.82, 2.24) is 20.4 Å². The predicted molar refractivity (Wildman–Crippen MR) is 137 cm³/mol. The van der Waals surface area contributed by atoms with E-state index in [2.05, 4.69) is 10.6 Å². The van der Waals surface area contributed by atoms with Gasteiger partial charge in [0.15, 0.2) is 0 Å². The van der Waals surface area contributed by atoms with Crippen LogP contribution in [0.25, 0.3) is 0 Å². The molecule has 11 heteroatoms. The zero-order chi connectivity index (χ0) is 27.5. The lowest BCUT2D eigenvalue weighted by Crippen LogP contribution is -2.56. The van der Waals surface area contributed by atoms with Crippen LogP contribution in [0.4, 0.5) is 4.79 Å². The minimum atomic E-state index is -1.24. The number of hydrogen-bond donors (Lipinski definition) is 3. The van der Waals surface area contributed by atoms with Crippen molar-refractivity contribution < 1.29 is 33.8 Å². The Morgan fingerprint density at radius 2 is 1.68 bits per heavy atom. The van der Waals surface area contributed by atoms with Gasteiger partial charge in [-0.05, 0) is 18.1 Å². The lowest BCUT2D eigenvalue weighted by molar-refractivity contribution is -0.142. The van der Waals surface area contributed by atoms with E-state index in [0.29, 0.717) is 19.4 Å². The van der Waals surface area contributed by atoms with E-state index in [1.807, 2.05) is 65.6 Å². The van der Waals surface area contributed by atoms with Gasteiger partial charge in [0.1, 0.15) is 25.0 Å². The van der Waals surface area contributed by atoms with Crippen molar-refractivity contribution in [3.8, 4) is 0 Å². The average molecular weight is 525 g/mol. The summed E-state index contributed by atoms with van der Waals surface area (Å²) >= 11 is 0. The third kappa shape index (κ3) is 8.41. The van der Waals surface area contributed by atoms with E-state index >= 15 is 0 Å². The summed E-state index contributed by atoms with van der Waals surface area (Å²) < 4.78 is 5.31. The molecule has 1 aliphatic rings. The van der Waals surface area contributed by atoms with E-state index in [-0.39, 0.29) is 19.7 Å². The number of carbonyl (C=O) groups excluding carboxylic acids is 4. The Labute approximate surface area is 220 Å². The molecule has 0 aromatic heterocycles. The van der Waals surface area contributed by atoms with E-state index in [1.165, 1.54) is 11.8 Å². The molecule has 1 fully saturated rings. The molecule has 2 aromatic rings. The Balaban J connectivity index is 1.73. The predicted octanol–water partition coefficient (Wildman–Crippen LogP) is 1.17. The van der Waals surface area contributed by atoms with E-state index in [0.717, 1.165) is 11.1 Å². The van der Waals surface area contributed by atoms with E-state index in [9.17, 15) is 24.0 Å². The molecule has 202 valence electrons. The maximum atomic E-state index is 13.5. The molecule has 38 heavy (non-hydrogen) atoms. The number of aldehydes is 1. The molecule has 3 rings (SSSR count). The number of carbonyl (C=O) groups is 5. The van der Waals surface area contributed by atoms with Crippen molar-refractivity contribution >= 4 is 30.2 Å². The fraction of sp³-hybridized carbons (Fsp3) is 0.370. The number of benzene rings is 2. The molecule has 1 aliphatic heterocycles. The third-order valence-electron chi connectivity index (χ3n) is 6.17. The lowest BCUT2D eigenvalue weighted by Gasteiger charge is -2.29. The largest absolute Gasteiger partial charge is 0.481 e. The first-order valence-corrected chi connectivity index (χ1v) is 12.3. The van der Waals surface area contributed by atoms with Crippen molar-refractivity contribution in [1.29, 1.82) is 0 Å². The number of aliphatic carboxylic acids is 1. The summed E-state index contributed by atoms with van der Waals surface area (Å²) in [6.45, 7) is 2.83. The number of nitrogens with one attached hydrogen (secondary N) is 2. The summed E-state index contributed by atoms with van der Waals surface area (Å²) in [5.74, 6) is -2.39. The zero-order valence-corrected chi connectivity index (χ0v) is 21.1. The molecule has 3 amide bonds. The van der Waals surface area contributed by atoms with Crippen molar-refractivity contribution in [2.24, 2.45) is 0 Å². The third-order valence-corrected chi connectivity index (χ3v) is 6.17. The molecule has 0 aliphatic carbocycles. The van der Waals surface area contributed by atoms with Crippen LogP contribution in [0.1, 0.15) is 24.5 Å². The van der Waals surface area contributed by atoms with Crippen molar-refractivity contribution in [3.63, 3.8) is 0 Å². The van der Waals surface area contributed by atoms with Crippen LogP contribution < -0.4 is 10.6 Å². The second-order valence-electron chi connectivity index (χ2n) is 9.04. The van der Waals surface area contributed by atoms with Gasteiger partial charge in [0, 0.05) is 26.2 Å². The van der Waals surface area contributed by atoms with Gasteiger partial charge in [0.25, 0.3) is 0 Å². The number of ether oxygens (including phenoxy) is 1. The highest BCUT2D eigenvalue weighted by atomic mass is 16.5. The minimum Gasteiger partial charge on any atom is -0.481 e. The van der Waals surface area contributed by atoms with E-state index in [1.54, 1.807) is 0 Å². The van der Waals surface area contributed by atoms with E-state index in [4.69, 9.17) is 9.84 Å². The van der Waals surface area contributed by atoms with Crippen LogP contribution in [-0.4, -0.2) is 82.8 Å².